The van der Waals surface area contributed by atoms with E-state index in [2.05, 4.69) is 0 Å². The molecule has 0 radical (unpaired) electrons. The van der Waals surface area contributed by atoms with Crippen LogP contribution < -0.4 is 11.5 Å². The van der Waals surface area contributed by atoms with Gasteiger partial charge in [0.1, 0.15) is 5.92 Å². The Kier molecular flexibility index (Phi) is 3.67. The Hall–Kier alpha value is -1.57. The number of nitrogens with zero attached hydrogens (tertiary/aromatic N) is 1. The van der Waals surface area contributed by atoms with E-state index in [0.717, 1.165) is 0 Å². The lowest BCUT2D eigenvalue weighted by Crippen LogP contribution is -2.23. The minimum Gasteiger partial charge on any atom is -0.370 e. The lowest BCUT2D eigenvalue weighted by Gasteiger charge is -2.00. The fraction of sp³-hybridized carbons (Fsp3) is 0.500. The highest BCUT2D eigenvalue weighted by Gasteiger charge is 2.14. The summed E-state index contributed by atoms with van der Waals surface area (Å²) in [5, 5.41) is 8.31. The maximum absolute atomic E-state index is 10.4. The predicted octanol–water partition coefficient (Wildman–Crippen LogP) is -1.12. The third-order valence-electron chi connectivity index (χ3n) is 1.18. The summed E-state index contributed by atoms with van der Waals surface area (Å²) >= 11 is 0. The van der Waals surface area contributed by atoms with E-state index in [4.69, 9.17) is 16.7 Å². The predicted molar refractivity (Wildman–Crippen MR) is 36.7 cm³/mol. The molecule has 0 heterocycles. The van der Waals surface area contributed by atoms with Crippen LogP contribution in [0.4, 0.5) is 0 Å². The van der Waals surface area contributed by atoms with E-state index in [0.29, 0.717) is 0 Å². The zero-order valence-electron chi connectivity index (χ0n) is 5.91. The molecule has 0 aliphatic carbocycles. The smallest absolute Gasteiger partial charge is 0.234 e. The molecule has 4 N–H and O–H groups in total. The molecule has 0 saturated carbocycles. The number of rotatable bonds is 4. The van der Waals surface area contributed by atoms with Crippen molar-refractivity contribution in [3.8, 4) is 6.07 Å². The van der Waals surface area contributed by atoms with Crippen LogP contribution in [-0.4, -0.2) is 11.8 Å². The summed E-state index contributed by atoms with van der Waals surface area (Å²) in [6.07, 6.45) is 0.127. The van der Waals surface area contributed by atoms with E-state index in [-0.39, 0.29) is 12.8 Å². The fourth-order valence-corrected chi connectivity index (χ4v) is 0.557. The van der Waals surface area contributed by atoms with Gasteiger partial charge in [-0.05, 0) is 6.42 Å². The third-order valence-corrected chi connectivity index (χ3v) is 1.18. The molecule has 0 spiro atoms. The summed E-state index contributed by atoms with van der Waals surface area (Å²) in [4.78, 5) is 20.6. The Bertz CT molecular complexity index is 206. The van der Waals surface area contributed by atoms with Crippen molar-refractivity contribution in [3.05, 3.63) is 0 Å². The van der Waals surface area contributed by atoms with Gasteiger partial charge in [0.05, 0.1) is 6.07 Å². The van der Waals surface area contributed by atoms with Crippen LogP contribution in [0.2, 0.25) is 0 Å². The molecule has 0 fully saturated rings. The Labute approximate surface area is 64.0 Å². The van der Waals surface area contributed by atoms with Gasteiger partial charge >= 0.3 is 0 Å². The average Bonchev–Trinajstić information content (AvgIpc) is 1.87. The summed E-state index contributed by atoms with van der Waals surface area (Å²) in [5.74, 6) is -2.15. The second-order valence-electron chi connectivity index (χ2n) is 2.09. The second-order valence-corrected chi connectivity index (χ2v) is 2.09. The standard InChI is InChI=1S/C6H9N3O2/c7-3-4(6(9)11)1-2-5(8)10/h4H,1-2H2,(H2,8,10)(H2,9,11). The molecule has 5 heteroatoms. The van der Waals surface area contributed by atoms with Crippen LogP contribution in [0.3, 0.4) is 0 Å². The molecule has 0 rings (SSSR count). The number of carbonyl (C=O) groups is 2. The van der Waals surface area contributed by atoms with Crippen LogP contribution in [0.15, 0.2) is 0 Å². The molecule has 0 bridgehead atoms. The SMILES string of the molecule is N#CC(CCC(N)=O)C(N)=O. The summed E-state index contributed by atoms with van der Waals surface area (Å²) in [6, 6.07) is 1.67. The molecule has 1 atom stereocenters. The number of nitriles is 1. The maximum atomic E-state index is 10.4. The highest BCUT2D eigenvalue weighted by atomic mass is 16.1. The van der Waals surface area contributed by atoms with Gasteiger partial charge in [-0.3, -0.25) is 9.59 Å². The topological polar surface area (TPSA) is 110 Å². The highest BCUT2D eigenvalue weighted by molar-refractivity contribution is 5.80. The normalized spacial score (nSPS) is 11.5. The molecule has 0 aromatic heterocycles. The first kappa shape index (κ1) is 9.43. The fourth-order valence-electron chi connectivity index (χ4n) is 0.557. The molecule has 0 aromatic rings. The van der Waals surface area contributed by atoms with Crippen molar-refractivity contribution in [3.63, 3.8) is 0 Å². The van der Waals surface area contributed by atoms with Gasteiger partial charge in [0.15, 0.2) is 0 Å². The van der Waals surface area contributed by atoms with Crippen molar-refractivity contribution in [1.82, 2.24) is 0 Å². The monoisotopic (exact) mass is 155 g/mol. The van der Waals surface area contributed by atoms with Gasteiger partial charge in [0.2, 0.25) is 11.8 Å². The van der Waals surface area contributed by atoms with E-state index < -0.39 is 17.7 Å². The average molecular weight is 155 g/mol. The number of amides is 2. The summed E-state index contributed by atoms with van der Waals surface area (Å²) in [5.41, 5.74) is 9.62. The first-order valence-electron chi connectivity index (χ1n) is 3.05. The van der Waals surface area contributed by atoms with E-state index in [1.807, 2.05) is 0 Å². The number of nitrogens with two attached hydrogens (primary N) is 2. The van der Waals surface area contributed by atoms with E-state index >= 15 is 0 Å². The van der Waals surface area contributed by atoms with Crippen LogP contribution in [0.1, 0.15) is 12.8 Å². The van der Waals surface area contributed by atoms with Gasteiger partial charge in [0, 0.05) is 6.42 Å². The Balaban J connectivity index is 3.82. The van der Waals surface area contributed by atoms with E-state index in [1.165, 1.54) is 0 Å². The highest BCUT2D eigenvalue weighted by Crippen LogP contribution is 2.02. The molecule has 2 amide bonds. The summed E-state index contributed by atoms with van der Waals surface area (Å²) < 4.78 is 0. The van der Waals surface area contributed by atoms with Crippen molar-refractivity contribution in [2.45, 2.75) is 12.8 Å². The first-order chi connectivity index (χ1) is 5.07. The molecule has 11 heavy (non-hydrogen) atoms. The van der Waals surface area contributed by atoms with Crippen LogP contribution in [0.25, 0.3) is 0 Å². The Morgan fingerprint density at radius 3 is 2.27 bits per heavy atom. The molecule has 0 aliphatic heterocycles. The van der Waals surface area contributed by atoms with E-state index in [9.17, 15) is 9.59 Å². The van der Waals surface area contributed by atoms with Crippen LogP contribution >= 0.6 is 0 Å². The molecular formula is C6H9N3O2. The van der Waals surface area contributed by atoms with Crippen LogP contribution in [0, 0.1) is 17.2 Å². The Morgan fingerprint density at radius 2 is 2.00 bits per heavy atom. The zero-order chi connectivity index (χ0) is 8.85. The van der Waals surface area contributed by atoms with Gasteiger partial charge in [-0.25, -0.2) is 0 Å². The molecule has 1 unspecified atom stereocenters. The van der Waals surface area contributed by atoms with Crippen LogP contribution in [0.5, 0.6) is 0 Å². The summed E-state index contributed by atoms with van der Waals surface area (Å²) in [6.45, 7) is 0. The molecular weight excluding hydrogens is 146 g/mol. The van der Waals surface area contributed by atoms with Crippen molar-refractivity contribution in [2.75, 3.05) is 0 Å². The van der Waals surface area contributed by atoms with E-state index in [1.54, 1.807) is 6.07 Å². The van der Waals surface area contributed by atoms with Gasteiger partial charge in [0.25, 0.3) is 0 Å². The molecule has 0 saturated heterocycles. The van der Waals surface area contributed by atoms with Gasteiger partial charge in [-0.2, -0.15) is 5.26 Å². The summed E-state index contributed by atoms with van der Waals surface area (Å²) in [7, 11) is 0. The quantitative estimate of drug-likeness (QED) is 0.536. The Morgan fingerprint density at radius 1 is 1.45 bits per heavy atom. The number of hydrogen-bond donors (Lipinski definition) is 2. The van der Waals surface area contributed by atoms with Crippen molar-refractivity contribution >= 4 is 11.8 Å². The second kappa shape index (κ2) is 4.28. The minimum absolute atomic E-state index is 0.0150. The van der Waals surface area contributed by atoms with Crippen molar-refractivity contribution < 1.29 is 9.59 Å². The molecule has 0 aromatic carbocycles. The maximum Gasteiger partial charge on any atom is 0.234 e. The van der Waals surface area contributed by atoms with Gasteiger partial charge in [-0.1, -0.05) is 0 Å². The van der Waals surface area contributed by atoms with Gasteiger partial charge < -0.3 is 11.5 Å². The molecule has 60 valence electrons. The largest absolute Gasteiger partial charge is 0.370 e. The number of carbonyl (C=O) groups excluding carboxylic acids is 2. The number of hydrogen-bond acceptors (Lipinski definition) is 3. The first-order valence-corrected chi connectivity index (χ1v) is 3.05. The molecule has 0 aliphatic rings. The van der Waals surface area contributed by atoms with Crippen molar-refractivity contribution in [1.29, 1.82) is 5.26 Å². The lowest BCUT2D eigenvalue weighted by atomic mass is 10.0. The number of primary amides is 2. The minimum atomic E-state index is -0.900. The van der Waals surface area contributed by atoms with Crippen LogP contribution in [-0.2, 0) is 9.59 Å². The van der Waals surface area contributed by atoms with Gasteiger partial charge in [-0.15, -0.1) is 0 Å². The third kappa shape index (κ3) is 3.92. The lowest BCUT2D eigenvalue weighted by molar-refractivity contribution is -0.121. The zero-order valence-corrected chi connectivity index (χ0v) is 5.91. The van der Waals surface area contributed by atoms with Crippen molar-refractivity contribution in [2.24, 2.45) is 17.4 Å². The molecule has 5 nitrogen and oxygen atoms in total.